The maximum atomic E-state index is 2.99. The van der Waals surface area contributed by atoms with Crippen LogP contribution in [-0.2, 0) is 21.7 Å². The van der Waals surface area contributed by atoms with Crippen LogP contribution < -0.4 is 0 Å². The summed E-state index contributed by atoms with van der Waals surface area (Å²) in [6.07, 6.45) is 10.0. The fraction of sp³-hybridized carbons (Fsp3) is 0.0588. The summed E-state index contributed by atoms with van der Waals surface area (Å²) in [5.74, 6) is 0. The molecule has 18 heavy (non-hydrogen) atoms. The summed E-state index contributed by atoms with van der Waals surface area (Å²) in [5.41, 5.74) is 2.55. The fourth-order valence-electron chi connectivity index (χ4n) is 1.60. The van der Waals surface area contributed by atoms with Crippen LogP contribution in [0, 0.1) is 6.08 Å². The van der Waals surface area contributed by atoms with E-state index in [0.717, 1.165) is 6.42 Å². The average Bonchev–Trinajstić information content (AvgIpc) is 3.00. The first-order valence-corrected chi connectivity index (χ1v) is 5.79. The Kier molecular flexibility index (Phi) is 7.09. The Morgan fingerprint density at radius 2 is 1.22 bits per heavy atom. The van der Waals surface area contributed by atoms with Crippen LogP contribution in [0.4, 0.5) is 0 Å². The molecular formula is C17H15Ti-. The van der Waals surface area contributed by atoms with E-state index in [9.17, 15) is 0 Å². The predicted octanol–water partition coefficient (Wildman–Crippen LogP) is 4.66. The van der Waals surface area contributed by atoms with Crippen molar-refractivity contribution in [2.45, 2.75) is 6.42 Å². The van der Waals surface area contributed by atoms with E-state index in [1.54, 1.807) is 0 Å². The van der Waals surface area contributed by atoms with Crippen LogP contribution in [0.3, 0.4) is 0 Å². The zero-order valence-electron chi connectivity index (χ0n) is 10.2. The van der Waals surface area contributed by atoms with Gasteiger partial charge in [0.25, 0.3) is 0 Å². The molecule has 0 atom stereocenters. The second kappa shape index (κ2) is 8.69. The Morgan fingerprint density at radius 3 is 1.50 bits per heavy atom. The van der Waals surface area contributed by atoms with Crippen molar-refractivity contribution in [2.24, 2.45) is 0 Å². The predicted molar refractivity (Wildman–Crippen MR) is 73.4 cm³/mol. The summed E-state index contributed by atoms with van der Waals surface area (Å²) in [6, 6.07) is 20.8. The van der Waals surface area contributed by atoms with E-state index >= 15 is 0 Å². The smallest absolute Gasteiger partial charge is 0 e. The Bertz CT molecular complexity index is 436. The van der Waals surface area contributed by atoms with Gasteiger partial charge in [0.05, 0.1) is 0 Å². The van der Waals surface area contributed by atoms with Gasteiger partial charge in [0.15, 0.2) is 0 Å². The molecule has 0 saturated heterocycles. The van der Waals surface area contributed by atoms with Gasteiger partial charge in [-0.2, -0.15) is 6.08 Å². The van der Waals surface area contributed by atoms with Crippen molar-refractivity contribution < 1.29 is 21.7 Å². The monoisotopic (exact) mass is 267 g/mol. The van der Waals surface area contributed by atoms with Crippen LogP contribution in [-0.4, -0.2) is 0 Å². The van der Waals surface area contributed by atoms with Gasteiger partial charge >= 0.3 is 0 Å². The number of allylic oxidation sites excluding steroid dienone is 4. The molecule has 0 aliphatic heterocycles. The quantitative estimate of drug-likeness (QED) is 0.521. The van der Waals surface area contributed by atoms with E-state index in [1.807, 2.05) is 24.3 Å². The molecule has 1 heteroatoms. The van der Waals surface area contributed by atoms with Crippen LogP contribution in [0.15, 0.2) is 78.9 Å². The fourth-order valence-corrected chi connectivity index (χ4v) is 1.60. The molecule has 0 unspecified atom stereocenters. The first kappa shape index (κ1) is 14.7. The van der Waals surface area contributed by atoms with E-state index in [0.29, 0.717) is 0 Å². The van der Waals surface area contributed by atoms with Crippen molar-refractivity contribution in [3.63, 3.8) is 0 Å². The molecule has 1 aliphatic carbocycles. The van der Waals surface area contributed by atoms with Gasteiger partial charge in [-0.15, -0.1) is 6.42 Å². The molecule has 2 aromatic rings. The van der Waals surface area contributed by atoms with Crippen molar-refractivity contribution in [1.29, 1.82) is 0 Å². The van der Waals surface area contributed by atoms with Crippen molar-refractivity contribution in [1.82, 2.24) is 0 Å². The second-order valence-corrected chi connectivity index (χ2v) is 3.74. The van der Waals surface area contributed by atoms with Crippen LogP contribution in [0.25, 0.3) is 11.1 Å². The normalized spacial score (nSPS) is 11.3. The van der Waals surface area contributed by atoms with E-state index in [2.05, 4.69) is 60.7 Å². The maximum absolute atomic E-state index is 2.99. The third-order valence-corrected chi connectivity index (χ3v) is 2.47. The van der Waals surface area contributed by atoms with Crippen LogP contribution in [0.1, 0.15) is 6.42 Å². The third-order valence-electron chi connectivity index (χ3n) is 2.47. The van der Waals surface area contributed by atoms with Crippen molar-refractivity contribution in [2.75, 3.05) is 0 Å². The Balaban J connectivity index is 0.000000230. The number of hydrogen-bond acceptors (Lipinski definition) is 0. The number of rotatable bonds is 1. The molecule has 0 nitrogen and oxygen atoms in total. The largest absolute Gasteiger partial charge is 0.273 e. The second-order valence-electron chi connectivity index (χ2n) is 3.74. The van der Waals surface area contributed by atoms with Gasteiger partial charge in [-0.25, -0.2) is 12.2 Å². The molecule has 0 spiro atoms. The summed E-state index contributed by atoms with van der Waals surface area (Å²) in [7, 11) is 0. The molecule has 2 aromatic carbocycles. The molecule has 0 heterocycles. The Hall–Kier alpha value is -1.37. The van der Waals surface area contributed by atoms with Crippen molar-refractivity contribution in [3.8, 4) is 11.1 Å². The van der Waals surface area contributed by atoms with E-state index in [4.69, 9.17) is 0 Å². The van der Waals surface area contributed by atoms with Crippen LogP contribution in [0.2, 0.25) is 0 Å². The maximum Gasteiger partial charge on any atom is 0 e. The summed E-state index contributed by atoms with van der Waals surface area (Å²) in [4.78, 5) is 0. The molecule has 0 aromatic heterocycles. The molecule has 3 rings (SSSR count). The van der Waals surface area contributed by atoms with Gasteiger partial charge < -0.3 is 0 Å². The Labute approximate surface area is 124 Å². The third kappa shape index (κ3) is 4.87. The molecule has 0 fully saturated rings. The first-order chi connectivity index (χ1) is 8.47. The Morgan fingerprint density at radius 1 is 0.722 bits per heavy atom. The molecule has 0 amide bonds. The van der Waals surface area contributed by atoms with Crippen molar-refractivity contribution in [3.05, 3.63) is 85.0 Å². The average molecular weight is 267 g/mol. The summed E-state index contributed by atoms with van der Waals surface area (Å²) in [6.45, 7) is 0. The van der Waals surface area contributed by atoms with E-state index in [1.165, 1.54) is 11.1 Å². The number of hydrogen-bond donors (Lipinski definition) is 0. The molecule has 0 N–H and O–H groups in total. The summed E-state index contributed by atoms with van der Waals surface area (Å²) in [5, 5.41) is 0. The molecule has 88 valence electrons. The molecular weight excluding hydrogens is 252 g/mol. The number of benzene rings is 2. The van der Waals surface area contributed by atoms with Crippen molar-refractivity contribution >= 4 is 0 Å². The minimum absolute atomic E-state index is 0. The standard InChI is InChI=1S/C12H10.C5H5.Ti/c1-3-7-11(8-4-1)12-9-5-2-6-10-12;1-2-4-5-3-1;/h1-10H;1-3H,4H2;/q;-1;. The summed E-state index contributed by atoms with van der Waals surface area (Å²) < 4.78 is 0. The minimum Gasteiger partial charge on any atom is -0.273 e. The first-order valence-electron chi connectivity index (χ1n) is 5.79. The zero-order chi connectivity index (χ0) is 11.8. The zero-order valence-corrected chi connectivity index (χ0v) is 11.8. The molecule has 1 aliphatic rings. The molecule has 0 bridgehead atoms. The van der Waals surface area contributed by atoms with Crippen LogP contribution in [0.5, 0.6) is 0 Å². The topological polar surface area (TPSA) is 0 Å². The van der Waals surface area contributed by atoms with Gasteiger partial charge in [-0.1, -0.05) is 60.7 Å². The SMILES string of the molecule is [C-]1=CC=CC1.[Ti].c1ccc(-c2ccccc2)cc1. The van der Waals surface area contributed by atoms with Gasteiger partial charge in [-0.3, -0.25) is 6.08 Å². The van der Waals surface area contributed by atoms with Gasteiger partial charge in [0.1, 0.15) is 0 Å². The molecule has 0 saturated carbocycles. The van der Waals surface area contributed by atoms with Gasteiger partial charge in [-0.05, 0) is 11.1 Å². The van der Waals surface area contributed by atoms with Gasteiger partial charge in [0.2, 0.25) is 0 Å². The molecule has 0 radical (unpaired) electrons. The van der Waals surface area contributed by atoms with Crippen LogP contribution >= 0.6 is 0 Å². The van der Waals surface area contributed by atoms with Gasteiger partial charge in [0, 0.05) is 21.7 Å². The van der Waals surface area contributed by atoms with E-state index < -0.39 is 0 Å². The minimum atomic E-state index is 0. The summed E-state index contributed by atoms with van der Waals surface area (Å²) >= 11 is 0. The van der Waals surface area contributed by atoms with E-state index in [-0.39, 0.29) is 21.7 Å².